The number of nitrogens with two attached hydrogens (primary N) is 1. The average molecular weight is 267 g/mol. The lowest BCUT2D eigenvalue weighted by atomic mass is 10.1. The molecule has 0 aromatic carbocycles. The standard InChI is InChI=1S/C13H13N7/c1-20-3-2-7-4-8(5-15-12(7)20)9-10-11(17-6-16-10)19-13(14)18-9/h4-6H,2-3H2,1H3,(H3,14,16,17,18,19). The minimum absolute atomic E-state index is 0.220. The Bertz CT molecular complexity index is 808. The molecule has 4 heterocycles. The molecule has 0 saturated heterocycles. The second kappa shape index (κ2) is 3.89. The van der Waals surface area contributed by atoms with Crippen LogP contribution in [0, 0.1) is 0 Å². The Balaban J connectivity index is 1.93. The number of imidazole rings is 1. The van der Waals surface area contributed by atoms with Gasteiger partial charge in [0, 0.05) is 25.4 Å². The molecule has 0 aliphatic carbocycles. The summed E-state index contributed by atoms with van der Waals surface area (Å²) in [5.74, 6) is 1.26. The minimum atomic E-state index is 0.220. The van der Waals surface area contributed by atoms with Crippen molar-refractivity contribution in [2.45, 2.75) is 6.42 Å². The highest BCUT2D eigenvalue weighted by molar-refractivity contribution is 5.88. The van der Waals surface area contributed by atoms with E-state index in [4.69, 9.17) is 5.73 Å². The molecule has 100 valence electrons. The molecule has 0 fully saturated rings. The van der Waals surface area contributed by atoms with Gasteiger partial charge in [0.2, 0.25) is 5.95 Å². The molecular weight excluding hydrogens is 254 g/mol. The number of fused-ring (bicyclic) bond motifs is 2. The monoisotopic (exact) mass is 267 g/mol. The molecule has 0 radical (unpaired) electrons. The van der Waals surface area contributed by atoms with Gasteiger partial charge in [-0.2, -0.15) is 4.98 Å². The molecule has 1 aliphatic rings. The first-order chi connectivity index (χ1) is 9.72. The number of hydrogen-bond donors (Lipinski definition) is 2. The maximum absolute atomic E-state index is 5.75. The summed E-state index contributed by atoms with van der Waals surface area (Å²) in [6, 6.07) is 2.12. The number of aromatic nitrogens is 5. The van der Waals surface area contributed by atoms with Crippen molar-refractivity contribution in [1.82, 2.24) is 24.9 Å². The van der Waals surface area contributed by atoms with Crippen LogP contribution >= 0.6 is 0 Å². The van der Waals surface area contributed by atoms with Crippen molar-refractivity contribution in [3.63, 3.8) is 0 Å². The first-order valence-corrected chi connectivity index (χ1v) is 6.39. The van der Waals surface area contributed by atoms with E-state index in [-0.39, 0.29) is 5.95 Å². The fourth-order valence-corrected chi connectivity index (χ4v) is 2.61. The molecule has 3 aromatic heterocycles. The molecule has 7 nitrogen and oxygen atoms in total. The molecule has 3 N–H and O–H groups in total. The van der Waals surface area contributed by atoms with Crippen molar-refractivity contribution in [2.75, 3.05) is 24.2 Å². The Hall–Kier alpha value is -2.70. The number of pyridine rings is 1. The third-order valence-corrected chi connectivity index (χ3v) is 3.60. The van der Waals surface area contributed by atoms with E-state index in [1.807, 2.05) is 13.2 Å². The van der Waals surface area contributed by atoms with Crippen molar-refractivity contribution in [1.29, 1.82) is 0 Å². The number of nitrogens with zero attached hydrogens (tertiary/aromatic N) is 5. The van der Waals surface area contributed by atoms with Crippen LogP contribution < -0.4 is 10.6 Å². The molecule has 1 aliphatic heterocycles. The Labute approximate surface area is 114 Å². The van der Waals surface area contributed by atoms with Gasteiger partial charge in [-0.25, -0.2) is 15.0 Å². The smallest absolute Gasteiger partial charge is 0.222 e. The Morgan fingerprint density at radius 2 is 2.20 bits per heavy atom. The topological polar surface area (TPSA) is 96.6 Å². The zero-order chi connectivity index (χ0) is 13.7. The third-order valence-electron chi connectivity index (χ3n) is 3.60. The highest BCUT2D eigenvalue weighted by atomic mass is 15.2. The average Bonchev–Trinajstić information content (AvgIpc) is 3.04. The zero-order valence-corrected chi connectivity index (χ0v) is 11.0. The lowest BCUT2D eigenvalue weighted by Gasteiger charge is -2.10. The van der Waals surface area contributed by atoms with E-state index in [1.54, 1.807) is 6.33 Å². The van der Waals surface area contributed by atoms with Gasteiger partial charge >= 0.3 is 0 Å². The van der Waals surface area contributed by atoms with Crippen LogP contribution in [0.2, 0.25) is 0 Å². The molecule has 0 spiro atoms. The van der Waals surface area contributed by atoms with Crippen LogP contribution in [-0.4, -0.2) is 38.5 Å². The first kappa shape index (κ1) is 11.2. The van der Waals surface area contributed by atoms with Crippen molar-refractivity contribution in [2.24, 2.45) is 0 Å². The van der Waals surface area contributed by atoms with Crippen molar-refractivity contribution >= 4 is 22.9 Å². The van der Waals surface area contributed by atoms with Crippen LogP contribution in [0.15, 0.2) is 18.6 Å². The van der Waals surface area contributed by atoms with Crippen molar-refractivity contribution in [3.8, 4) is 11.3 Å². The van der Waals surface area contributed by atoms with Gasteiger partial charge in [0.1, 0.15) is 17.0 Å². The summed E-state index contributed by atoms with van der Waals surface area (Å²) in [6.45, 7) is 0.997. The van der Waals surface area contributed by atoms with E-state index in [0.717, 1.165) is 35.6 Å². The van der Waals surface area contributed by atoms with E-state index < -0.39 is 0 Å². The molecule has 0 saturated carbocycles. The Morgan fingerprint density at radius 3 is 3.10 bits per heavy atom. The van der Waals surface area contributed by atoms with E-state index in [2.05, 4.69) is 35.9 Å². The summed E-state index contributed by atoms with van der Waals surface area (Å²) < 4.78 is 0. The fraction of sp³-hybridized carbons (Fsp3) is 0.231. The molecule has 4 rings (SSSR count). The number of H-pyrrole nitrogens is 1. The largest absolute Gasteiger partial charge is 0.368 e. The molecule has 7 heteroatoms. The molecule has 3 aromatic rings. The van der Waals surface area contributed by atoms with E-state index in [0.29, 0.717) is 5.65 Å². The Kier molecular flexibility index (Phi) is 2.17. The van der Waals surface area contributed by atoms with Gasteiger partial charge in [-0.15, -0.1) is 0 Å². The predicted octanol–water partition coefficient (Wildman–Crippen LogP) is 0.989. The maximum Gasteiger partial charge on any atom is 0.222 e. The van der Waals surface area contributed by atoms with Crippen LogP contribution in [-0.2, 0) is 6.42 Å². The summed E-state index contributed by atoms with van der Waals surface area (Å²) in [4.78, 5) is 22.3. The summed E-state index contributed by atoms with van der Waals surface area (Å²) in [7, 11) is 2.05. The molecule has 0 atom stereocenters. The summed E-state index contributed by atoms with van der Waals surface area (Å²) >= 11 is 0. The van der Waals surface area contributed by atoms with E-state index in [1.165, 1.54) is 5.56 Å². The van der Waals surface area contributed by atoms with E-state index in [9.17, 15) is 0 Å². The lowest BCUT2D eigenvalue weighted by Crippen LogP contribution is -2.13. The number of hydrogen-bond acceptors (Lipinski definition) is 6. The number of likely N-dealkylation sites (N-methyl/N-ethyl adjacent to an activating group) is 1. The highest BCUT2D eigenvalue weighted by Crippen LogP contribution is 2.30. The minimum Gasteiger partial charge on any atom is -0.368 e. The van der Waals surface area contributed by atoms with Crippen LogP contribution in [0.3, 0.4) is 0 Å². The summed E-state index contributed by atoms with van der Waals surface area (Å²) in [5, 5.41) is 0. The Morgan fingerprint density at radius 1 is 1.30 bits per heavy atom. The SMILES string of the molecule is CN1CCc2cc(-c3nc(N)nc4nc[nH]c34)cnc21. The highest BCUT2D eigenvalue weighted by Gasteiger charge is 2.19. The van der Waals surface area contributed by atoms with Gasteiger partial charge < -0.3 is 15.6 Å². The number of anilines is 2. The molecule has 0 amide bonds. The van der Waals surface area contributed by atoms with Gasteiger partial charge in [-0.1, -0.05) is 0 Å². The molecule has 20 heavy (non-hydrogen) atoms. The summed E-state index contributed by atoms with van der Waals surface area (Å²) in [5.41, 5.74) is 10.0. The fourth-order valence-electron chi connectivity index (χ4n) is 2.61. The maximum atomic E-state index is 5.75. The van der Waals surface area contributed by atoms with Gasteiger partial charge in [-0.05, 0) is 18.1 Å². The lowest BCUT2D eigenvalue weighted by molar-refractivity contribution is 0.945. The number of rotatable bonds is 1. The van der Waals surface area contributed by atoms with Crippen LogP contribution in [0.25, 0.3) is 22.4 Å². The van der Waals surface area contributed by atoms with E-state index >= 15 is 0 Å². The van der Waals surface area contributed by atoms with Gasteiger partial charge in [-0.3, -0.25) is 0 Å². The third kappa shape index (κ3) is 1.52. The zero-order valence-electron chi connectivity index (χ0n) is 11.0. The molecule has 0 unspecified atom stereocenters. The predicted molar refractivity (Wildman–Crippen MR) is 76.3 cm³/mol. The summed E-state index contributed by atoms with van der Waals surface area (Å²) in [6.07, 6.45) is 4.42. The van der Waals surface area contributed by atoms with Crippen molar-refractivity contribution in [3.05, 3.63) is 24.2 Å². The molecular formula is C13H13N7. The van der Waals surface area contributed by atoms with Crippen LogP contribution in [0.4, 0.5) is 11.8 Å². The van der Waals surface area contributed by atoms with Gasteiger partial charge in [0.25, 0.3) is 0 Å². The quantitative estimate of drug-likeness (QED) is 0.682. The second-order valence-corrected chi connectivity index (χ2v) is 4.91. The first-order valence-electron chi connectivity index (χ1n) is 6.39. The number of aromatic amines is 1. The normalized spacial score (nSPS) is 13.9. The number of nitrogens with one attached hydrogen (secondary N) is 1. The van der Waals surface area contributed by atoms with Gasteiger partial charge in [0.05, 0.1) is 6.33 Å². The van der Waals surface area contributed by atoms with Crippen LogP contribution in [0.1, 0.15) is 5.56 Å². The number of nitrogen functional groups attached to an aromatic ring is 1. The van der Waals surface area contributed by atoms with Gasteiger partial charge in [0.15, 0.2) is 5.65 Å². The molecule has 0 bridgehead atoms. The van der Waals surface area contributed by atoms with Crippen LogP contribution in [0.5, 0.6) is 0 Å². The second-order valence-electron chi connectivity index (χ2n) is 4.91. The van der Waals surface area contributed by atoms with Crippen molar-refractivity contribution < 1.29 is 0 Å².